The number of aromatic nitrogens is 1. The summed E-state index contributed by atoms with van der Waals surface area (Å²) in [5, 5.41) is 0. The van der Waals surface area contributed by atoms with Gasteiger partial charge in [-0.1, -0.05) is 50.3 Å². The molecule has 0 saturated carbocycles. The molecule has 0 atom stereocenters. The van der Waals surface area contributed by atoms with Crippen molar-refractivity contribution < 1.29 is 8.42 Å². The molecule has 0 bridgehead atoms. The Morgan fingerprint density at radius 3 is 2.32 bits per heavy atom. The predicted octanol–water partition coefficient (Wildman–Crippen LogP) is 4.55. The summed E-state index contributed by atoms with van der Waals surface area (Å²) in [6.45, 7) is 4.15. The Balaban J connectivity index is 2.02. The van der Waals surface area contributed by atoms with E-state index in [1.807, 2.05) is 25.1 Å². The van der Waals surface area contributed by atoms with Gasteiger partial charge < -0.3 is 0 Å². The lowest BCUT2D eigenvalue weighted by atomic mass is 10.1. The van der Waals surface area contributed by atoms with E-state index < -0.39 is 10.0 Å². The SMILES string of the molecule is CCCCCCCc1ccn(S(=O)(=O)c2ccc(C)cc2)c1. The van der Waals surface area contributed by atoms with Gasteiger partial charge in [0.05, 0.1) is 4.90 Å². The molecule has 0 N–H and O–H groups in total. The minimum Gasteiger partial charge on any atom is -0.249 e. The smallest absolute Gasteiger partial charge is 0.249 e. The molecule has 0 fully saturated rings. The number of benzene rings is 1. The van der Waals surface area contributed by atoms with E-state index in [1.165, 1.54) is 29.7 Å². The first-order chi connectivity index (χ1) is 10.5. The van der Waals surface area contributed by atoms with Crippen LogP contribution >= 0.6 is 0 Å². The average molecular weight is 319 g/mol. The topological polar surface area (TPSA) is 39.1 Å². The van der Waals surface area contributed by atoms with Gasteiger partial charge in [0.2, 0.25) is 0 Å². The van der Waals surface area contributed by atoms with E-state index in [0.717, 1.165) is 24.0 Å². The molecule has 22 heavy (non-hydrogen) atoms. The van der Waals surface area contributed by atoms with Gasteiger partial charge in [-0.05, 0) is 43.5 Å². The molecule has 0 unspecified atom stereocenters. The van der Waals surface area contributed by atoms with Gasteiger partial charge in [-0.3, -0.25) is 0 Å². The molecule has 0 amide bonds. The predicted molar refractivity (Wildman–Crippen MR) is 90.7 cm³/mol. The monoisotopic (exact) mass is 319 g/mol. The van der Waals surface area contributed by atoms with Gasteiger partial charge in [-0.15, -0.1) is 0 Å². The van der Waals surface area contributed by atoms with Gasteiger partial charge in [0.1, 0.15) is 0 Å². The number of nitrogens with zero attached hydrogens (tertiary/aromatic N) is 1. The van der Waals surface area contributed by atoms with Crippen molar-refractivity contribution in [1.29, 1.82) is 0 Å². The molecule has 120 valence electrons. The highest BCUT2D eigenvalue weighted by molar-refractivity contribution is 7.90. The standard InChI is InChI=1S/C18H25NO2S/c1-3-4-5-6-7-8-17-13-14-19(15-17)22(20,21)18-11-9-16(2)10-12-18/h9-15H,3-8H2,1-2H3. The maximum absolute atomic E-state index is 12.5. The Bertz CT molecular complexity index is 684. The van der Waals surface area contributed by atoms with Gasteiger partial charge in [-0.25, -0.2) is 12.4 Å². The van der Waals surface area contributed by atoms with Gasteiger partial charge in [0.15, 0.2) is 0 Å². The molecule has 1 aromatic heterocycles. The molecular formula is C18H25NO2S. The van der Waals surface area contributed by atoms with Crippen LogP contribution in [0.3, 0.4) is 0 Å². The van der Waals surface area contributed by atoms with Crippen molar-refractivity contribution in [2.24, 2.45) is 0 Å². The number of rotatable bonds is 8. The van der Waals surface area contributed by atoms with E-state index in [0.29, 0.717) is 4.90 Å². The maximum Gasteiger partial charge on any atom is 0.267 e. The number of hydrogen-bond donors (Lipinski definition) is 0. The van der Waals surface area contributed by atoms with E-state index in [4.69, 9.17) is 0 Å². The second-order valence-electron chi connectivity index (χ2n) is 5.83. The van der Waals surface area contributed by atoms with Crippen molar-refractivity contribution in [3.8, 4) is 0 Å². The second kappa shape index (κ2) is 7.63. The Morgan fingerprint density at radius 1 is 0.955 bits per heavy atom. The molecule has 0 radical (unpaired) electrons. The molecule has 0 aliphatic heterocycles. The summed E-state index contributed by atoms with van der Waals surface area (Å²) in [4.78, 5) is 0.336. The highest BCUT2D eigenvalue weighted by Crippen LogP contribution is 2.17. The minimum atomic E-state index is -3.46. The van der Waals surface area contributed by atoms with Crippen LogP contribution in [0.25, 0.3) is 0 Å². The lowest BCUT2D eigenvalue weighted by molar-refractivity contribution is 0.587. The third-order valence-corrected chi connectivity index (χ3v) is 5.54. The molecule has 1 aromatic carbocycles. The molecule has 0 saturated heterocycles. The highest BCUT2D eigenvalue weighted by Gasteiger charge is 2.16. The molecule has 0 aliphatic carbocycles. The van der Waals surface area contributed by atoms with Crippen LogP contribution in [0, 0.1) is 6.92 Å². The van der Waals surface area contributed by atoms with Crippen LogP contribution in [-0.4, -0.2) is 12.4 Å². The lowest BCUT2D eigenvalue weighted by Crippen LogP contribution is -2.10. The van der Waals surface area contributed by atoms with E-state index in [9.17, 15) is 8.42 Å². The Labute approximate surface area is 134 Å². The summed E-state index contributed by atoms with van der Waals surface area (Å²) in [5.41, 5.74) is 2.14. The van der Waals surface area contributed by atoms with Crippen LogP contribution in [0.1, 0.15) is 50.2 Å². The summed E-state index contributed by atoms with van der Waals surface area (Å²) in [7, 11) is -3.46. The quantitative estimate of drug-likeness (QED) is 0.670. The van der Waals surface area contributed by atoms with Crippen molar-refractivity contribution in [2.45, 2.75) is 57.3 Å². The molecule has 0 spiro atoms. The number of aryl methyl sites for hydroxylation is 2. The summed E-state index contributed by atoms with van der Waals surface area (Å²) < 4.78 is 26.4. The summed E-state index contributed by atoms with van der Waals surface area (Å²) >= 11 is 0. The van der Waals surface area contributed by atoms with E-state index >= 15 is 0 Å². The molecular weight excluding hydrogens is 294 g/mol. The van der Waals surface area contributed by atoms with Crippen LogP contribution in [0.15, 0.2) is 47.6 Å². The largest absolute Gasteiger partial charge is 0.267 e. The van der Waals surface area contributed by atoms with Gasteiger partial charge in [0, 0.05) is 12.4 Å². The fourth-order valence-electron chi connectivity index (χ4n) is 2.48. The summed E-state index contributed by atoms with van der Waals surface area (Å²) in [5.74, 6) is 0. The van der Waals surface area contributed by atoms with Crippen molar-refractivity contribution in [1.82, 2.24) is 3.97 Å². The second-order valence-corrected chi connectivity index (χ2v) is 7.68. The molecule has 2 aromatic rings. The van der Waals surface area contributed by atoms with Gasteiger partial charge in [-0.2, -0.15) is 0 Å². The van der Waals surface area contributed by atoms with Crippen molar-refractivity contribution in [3.05, 3.63) is 53.9 Å². The number of unbranched alkanes of at least 4 members (excludes halogenated alkanes) is 4. The molecule has 4 heteroatoms. The Kier molecular flexibility index (Phi) is 5.83. The molecule has 3 nitrogen and oxygen atoms in total. The molecule has 0 aliphatic rings. The summed E-state index contributed by atoms with van der Waals surface area (Å²) in [6.07, 6.45) is 10.5. The molecule has 2 rings (SSSR count). The van der Waals surface area contributed by atoms with Crippen LogP contribution in [0.4, 0.5) is 0 Å². The molecule has 1 heterocycles. The number of hydrogen-bond acceptors (Lipinski definition) is 2. The van der Waals surface area contributed by atoms with Crippen molar-refractivity contribution >= 4 is 10.0 Å². The third-order valence-electron chi connectivity index (χ3n) is 3.89. The van der Waals surface area contributed by atoms with Crippen molar-refractivity contribution in [3.63, 3.8) is 0 Å². The highest BCUT2D eigenvalue weighted by atomic mass is 32.2. The minimum absolute atomic E-state index is 0.336. The first-order valence-corrected chi connectivity index (χ1v) is 9.47. The van der Waals surface area contributed by atoms with E-state index in [2.05, 4.69) is 6.92 Å². The fourth-order valence-corrected chi connectivity index (χ4v) is 3.70. The first-order valence-electron chi connectivity index (χ1n) is 8.03. The zero-order chi connectivity index (χ0) is 16.0. The Hall–Kier alpha value is -1.55. The zero-order valence-corrected chi connectivity index (χ0v) is 14.3. The zero-order valence-electron chi connectivity index (χ0n) is 13.5. The van der Waals surface area contributed by atoms with Crippen LogP contribution in [-0.2, 0) is 16.4 Å². The van der Waals surface area contributed by atoms with Crippen LogP contribution < -0.4 is 0 Å². The summed E-state index contributed by atoms with van der Waals surface area (Å²) in [6, 6.07) is 8.88. The normalized spacial score (nSPS) is 11.7. The van der Waals surface area contributed by atoms with E-state index in [1.54, 1.807) is 24.5 Å². The van der Waals surface area contributed by atoms with Gasteiger partial charge in [0.25, 0.3) is 10.0 Å². The Morgan fingerprint density at radius 2 is 1.64 bits per heavy atom. The van der Waals surface area contributed by atoms with Crippen LogP contribution in [0.5, 0.6) is 0 Å². The van der Waals surface area contributed by atoms with Crippen LogP contribution in [0.2, 0.25) is 0 Å². The van der Waals surface area contributed by atoms with Crippen molar-refractivity contribution in [2.75, 3.05) is 0 Å². The first kappa shape index (κ1) is 16.8. The maximum atomic E-state index is 12.5. The third kappa shape index (κ3) is 4.23. The van der Waals surface area contributed by atoms with Gasteiger partial charge >= 0.3 is 0 Å². The van der Waals surface area contributed by atoms with E-state index in [-0.39, 0.29) is 0 Å². The fraction of sp³-hybridized carbons (Fsp3) is 0.444. The average Bonchev–Trinajstić information content (AvgIpc) is 2.97. The lowest BCUT2D eigenvalue weighted by Gasteiger charge is -2.06.